The quantitative estimate of drug-likeness (QED) is 0.762. The molecular formula is C21H29N3O6. The number of carbonyl (C=O) groups excluding carboxylic acids is 1. The second-order valence-corrected chi connectivity index (χ2v) is 8.28. The number of carboxylic acid groups (broad SMARTS) is 2. The van der Waals surface area contributed by atoms with Crippen molar-refractivity contribution in [3.05, 3.63) is 30.3 Å². The van der Waals surface area contributed by atoms with Crippen LogP contribution in [0.3, 0.4) is 0 Å². The minimum Gasteiger partial charge on any atom is -0.481 e. The molecule has 0 aliphatic carbocycles. The fourth-order valence-electron chi connectivity index (χ4n) is 4.59. The second kappa shape index (κ2) is 8.14. The number of hydrogen-bond donors (Lipinski definition) is 2. The minimum atomic E-state index is -1.74. The van der Waals surface area contributed by atoms with Crippen LogP contribution in [0, 0.1) is 5.41 Å². The first-order chi connectivity index (χ1) is 14.1. The summed E-state index contributed by atoms with van der Waals surface area (Å²) >= 11 is 0. The molecule has 9 nitrogen and oxygen atoms in total. The van der Waals surface area contributed by atoms with Crippen LogP contribution in [0.2, 0.25) is 0 Å². The van der Waals surface area contributed by atoms with Crippen molar-refractivity contribution in [2.75, 3.05) is 44.7 Å². The number of anilines is 1. The Morgan fingerprint density at radius 1 is 1.03 bits per heavy atom. The van der Waals surface area contributed by atoms with E-state index in [1.54, 1.807) is 4.90 Å². The van der Waals surface area contributed by atoms with Crippen molar-refractivity contribution in [3.8, 4) is 0 Å². The first kappa shape index (κ1) is 21.9. The van der Waals surface area contributed by atoms with Gasteiger partial charge in [0.15, 0.2) is 0 Å². The summed E-state index contributed by atoms with van der Waals surface area (Å²) < 4.78 is 5.30. The third kappa shape index (κ3) is 3.47. The lowest BCUT2D eigenvalue weighted by atomic mass is 9.64. The maximum absolute atomic E-state index is 13.6. The van der Waals surface area contributed by atoms with Crippen molar-refractivity contribution >= 4 is 23.7 Å². The summed E-state index contributed by atoms with van der Waals surface area (Å²) in [5.41, 5.74) is -2.31. The molecular weight excluding hydrogens is 390 g/mol. The molecule has 2 amide bonds. The third-order valence-electron chi connectivity index (χ3n) is 6.78. The second-order valence-electron chi connectivity index (χ2n) is 8.28. The van der Waals surface area contributed by atoms with Crippen LogP contribution in [0.4, 0.5) is 10.5 Å². The van der Waals surface area contributed by atoms with Crippen molar-refractivity contribution in [2.24, 2.45) is 5.41 Å². The summed E-state index contributed by atoms with van der Waals surface area (Å²) in [6.45, 7) is 4.77. The highest BCUT2D eigenvalue weighted by Gasteiger charge is 2.64. The monoisotopic (exact) mass is 419 g/mol. The summed E-state index contributed by atoms with van der Waals surface area (Å²) in [4.78, 5) is 42.7. The van der Waals surface area contributed by atoms with Gasteiger partial charge in [-0.15, -0.1) is 0 Å². The molecule has 2 saturated heterocycles. The zero-order valence-electron chi connectivity index (χ0n) is 17.6. The van der Waals surface area contributed by atoms with E-state index in [4.69, 9.17) is 4.74 Å². The predicted octanol–water partition coefficient (Wildman–Crippen LogP) is 1.58. The molecule has 2 aliphatic rings. The maximum atomic E-state index is 13.6. The van der Waals surface area contributed by atoms with Crippen LogP contribution in [0.1, 0.15) is 20.3 Å². The summed E-state index contributed by atoms with van der Waals surface area (Å²) in [6.07, 6.45) is -1.88. The van der Waals surface area contributed by atoms with E-state index >= 15 is 0 Å². The van der Waals surface area contributed by atoms with E-state index < -0.39 is 35.0 Å². The van der Waals surface area contributed by atoms with E-state index in [-0.39, 0.29) is 13.0 Å². The van der Waals surface area contributed by atoms with E-state index in [0.717, 1.165) is 10.6 Å². The highest BCUT2D eigenvalue weighted by molar-refractivity contribution is 5.96. The lowest BCUT2D eigenvalue weighted by Crippen LogP contribution is -2.74. The van der Waals surface area contributed by atoms with Gasteiger partial charge in [0.05, 0.1) is 18.1 Å². The third-order valence-corrected chi connectivity index (χ3v) is 6.78. The van der Waals surface area contributed by atoms with E-state index in [0.29, 0.717) is 26.2 Å². The smallest absolute Gasteiger partial charge is 0.408 e. The molecule has 0 spiro atoms. The highest BCUT2D eigenvalue weighted by atomic mass is 16.5. The molecule has 0 saturated carbocycles. The van der Waals surface area contributed by atoms with E-state index in [2.05, 4.69) is 4.90 Å². The first-order valence-electron chi connectivity index (χ1n) is 10.0. The number of ether oxygens (including phenoxy) is 1. The normalized spacial score (nSPS) is 29.6. The summed E-state index contributed by atoms with van der Waals surface area (Å²) in [5, 5.41) is 19.9. The largest absolute Gasteiger partial charge is 0.481 e. The van der Waals surface area contributed by atoms with Crippen molar-refractivity contribution < 1.29 is 29.3 Å². The van der Waals surface area contributed by atoms with E-state index in [1.807, 2.05) is 30.3 Å². The molecule has 1 aromatic carbocycles. The molecule has 0 aromatic heterocycles. The number of rotatable bonds is 4. The van der Waals surface area contributed by atoms with Gasteiger partial charge in [-0.1, -0.05) is 18.2 Å². The van der Waals surface area contributed by atoms with Gasteiger partial charge in [-0.3, -0.25) is 14.5 Å². The Morgan fingerprint density at radius 2 is 1.63 bits per heavy atom. The number of nitrogens with zero attached hydrogens (tertiary/aromatic N) is 3. The van der Waals surface area contributed by atoms with Crippen molar-refractivity contribution in [1.82, 2.24) is 9.80 Å². The van der Waals surface area contributed by atoms with Crippen LogP contribution >= 0.6 is 0 Å². The number of carboxylic acids is 1. The standard InChI is InChI=1S/C21H29N3O6/c1-20(18(26)27)13-16(30-3)14-24(19(28)29)21(20,2)17(25)23-11-9-22(10-12-23)15-7-5-4-6-8-15/h4-8,16H,9-14H2,1-3H3,(H,26,27)(H,28,29)/t16-,20+,21+/m0/s1. The van der Waals surface area contributed by atoms with Gasteiger partial charge in [-0.05, 0) is 32.4 Å². The topological polar surface area (TPSA) is 111 Å². The molecule has 3 rings (SSSR count). The molecule has 2 fully saturated rings. The van der Waals surface area contributed by atoms with Crippen LogP contribution < -0.4 is 4.90 Å². The van der Waals surface area contributed by atoms with Crippen molar-refractivity contribution in [2.45, 2.75) is 31.9 Å². The number of benzene rings is 1. The molecule has 30 heavy (non-hydrogen) atoms. The predicted molar refractivity (Wildman–Crippen MR) is 110 cm³/mol. The average Bonchev–Trinajstić information content (AvgIpc) is 2.75. The molecule has 1 aromatic rings. The number of piperazine rings is 1. The molecule has 9 heteroatoms. The number of aliphatic carboxylic acids is 1. The Bertz CT molecular complexity index is 810. The fourth-order valence-corrected chi connectivity index (χ4v) is 4.59. The molecule has 0 radical (unpaired) electrons. The maximum Gasteiger partial charge on any atom is 0.408 e. The highest BCUT2D eigenvalue weighted by Crippen LogP contribution is 2.46. The fraction of sp³-hybridized carbons (Fsp3) is 0.571. The Balaban J connectivity index is 1.87. The Morgan fingerprint density at radius 3 is 2.13 bits per heavy atom. The van der Waals surface area contributed by atoms with E-state index in [9.17, 15) is 24.6 Å². The Hall–Kier alpha value is -2.81. The Labute approximate surface area is 175 Å². The van der Waals surface area contributed by atoms with Crippen LogP contribution in [-0.4, -0.2) is 89.5 Å². The number of piperidine rings is 1. The summed E-state index contributed by atoms with van der Waals surface area (Å²) in [7, 11) is 1.42. The van der Waals surface area contributed by atoms with E-state index in [1.165, 1.54) is 21.0 Å². The average molecular weight is 419 g/mol. The van der Waals surface area contributed by atoms with Gasteiger partial charge in [0.1, 0.15) is 5.54 Å². The van der Waals surface area contributed by atoms with Crippen molar-refractivity contribution in [3.63, 3.8) is 0 Å². The molecule has 0 unspecified atom stereocenters. The van der Waals surface area contributed by atoms with Gasteiger partial charge in [0.2, 0.25) is 5.91 Å². The number of likely N-dealkylation sites (tertiary alicyclic amines) is 1. The number of carbonyl (C=O) groups is 3. The summed E-state index contributed by atoms with van der Waals surface area (Å²) in [5.74, 6) is -1.69. The molecule has 0 bridgehead atoms. The van der Waals surface area contributed by atoms with Gasteiger partial charge >= 0.3 is 12.1 Å². The molecule has 2 N–H and O–H groups in total. The number of para-hydroxylation sites is 1. The summed E-state index contributed by atoms with van der Waals surface area (Å²) in [6, 6.07) is 9.83. The van der Waals surface area contributed by atoms with Crippen molar-refractivity contribution in [1.29, 1.82) is 0 Å². The molecule has 3 atom stereocenters. The van der Waals surface area contributed by atoms with Crippen LogP contribution in [0.15, 0.2) is 30.3 Å². The zero-order valence-corrected chi connectivity index (χ0v) is 17.6. The number of methoxy groups -OCH3 is 1. The van der Waals surface area contributed by atoms with Gasteiger partial charge < -0.3 is 24.7 Å². The number of amides is 2. The minimum absolute atomic E-state index is 0.0504. The van der Waals surface area contributed by atoms with Gasteiger partial charge in [0.25, 0.3) is 0 Å². The van der Waals surface area contributed by atoms with Crippen LogP contribution in [0.5, 0.6) is 0 Å². The zero-order chi connectivity index (χ0) is 22.1. The molecule has 2 heterocycles. The van der Waals surface area contributed by atoms with Gasteiger partial charge in [-0.25, -0.2) is 4.79 Å². The SMILES string of the molecule is CO[C@@H]1CN(C(=O)O)[C@](C)(C(=O)N2CCN(c3ccccc3)CC2)[C@@](C)(C(=O)O)C1. The first-order valence-corrected chi connectivity index (χ1v) is 10.0. The lowest BCUT2D eigenvalue weighted by Gasteiger charge is -2.55. The Kier molecular flexibility index (Phi) is 5.94. The number of hydrogen-bond acceptors (Lipinski definition) is 5. The molecule has 2 aliphatic heterocycles. The van der Waals surface area contributed by atoms with Crippen LogP contribution in [-0.2, 0) is 14.3 Å². The van der Waals surface area contributed by atoms with Gasteiger partial charge in [0, 0.05) is 39.0 Å². The van der Waals surface area contributed by atoms with Crippen LogP contribution in [0.25, 0.3) is 0 Å². The van der Waals surface area contributed by atoms with Gasteiger partial charge in [-0.2, -0.15) is 0 Å². The lowest BCUT2D eigenvalue weighted by molar-refractivity contribution is -0.182. The molecule has 164 valence electrons.